The first-order valence-corrected chi connectivity index (χ1v) is 12.6. The monoisotopic (exact) mass is 474 g/mol. The van der Waals surface area contributed by atoms with Gasteiger partial charge in [0, 0.05) is 26.2 Å². The van der Waals surface area contributed by atoms with Gasteiger partial charge in [0.2, 0.25) is 0 Å². The van der Waals surface area contributed by atoms with Crippen LogP contribution in [0.25, 0.3) is 0 Å². The van der Waals surface area contributed by atoms with E-state index < -0.39 is 11.6 Å². The van der Waals surface area contributed by atoms with Crippen molar-refractivity contribution in [3.8, 4) is 5.75 Å². The second-order valence-electron chi connectivity index (χ2n) is 9.33. The molecular weight excluding hydrogens is 436 g/mol. The minimum absolute atomic E-state index is 0.0711. The van der Waals surface area contributed by atoms with Gasteiger partial charge in [-0.25, -0.2) is 5.01 Å². The SMILES string of the molecule is CCCCCCCCN1C(=S)N(N2CCNCC2C(=O)c2ccccc2OC)C(=O)C1(C)C. The highest BCUT2D eigenvalue weighted by molar-refractivity contribution is 7.80. The van der Waals surface area contributed by atoms with Crippen LogP contribution in [0.5, 0.6) is 5.75 Å². The molecule has 1 amide bonds. The maximum absolute atomic E-state index is 13.5. The second kappa shape index (κ2) is 11.4. The molecule has 7 nitrogen and oxygen atoms in total. The van der Waals surface area contributed by atoms with E-state index in [9.17, 15) is 9.59 Å². The van der Waals surface area contributed by atoms with Gasteiger partial charge >= 0.3 is 0 Å². The minimum Gasteiger partial charge on any atom is -0.496 e. The number of hydrogen-bond donors (Lipinski definition) is 1. The zero-order valence-corrected chi connectivity index (χ0v) is 21.2. The van der Waals surface area contributed by atoms with Crippen molar-refractivity contribution in [1.82, 2.24) is 20.2 Å². The van der Waals surface area contributed by atoms with E-state index in [2.05, 4.69) is 12.2 Å². The Bertz CT molecular complexity index is 860. The third-order valence-corrected chi connectivity index (χ3v) is 7.08. The van der Waals surface area contributed by atoms with Crippen molar-refractivity contribution in [1.29, 1.82) is 0 Å². The fraction of sp³-hybridized carbons (Fsp3) is 0.640. The number of amides is 1. The lowest BCUT2D eigenvalue weighted by atomic mass is 10.0. The summed E-state index contributed by atoms with van der Waals surface area (Å²) in [6.45, 7) is 8.47. The van der Waals surface area contributed by atoms with Crippen molar-refractivity contribution in [3.63, 3.8) is 0 Å². The second-order valence-corrected chi connectivity index (χ2v) is 9.69. The standard InChI is InChI=1S/C25H38N4O3S/c1-5-6-7-8-9-12-16-27-24(33)29(23(31)25(27,2)3)28-17-15-26-18-20(28)22(30)19-13-10-11-14-21(19)32-4/h10-11,13-14,20,26H,5-9,12,15-18H2,1-4H3. The Labute approximate surface area is 203 Å². The first-order valence-electron chi connectivity index (χ1n) is 12.1. The smallest absolute Gasteiger partial charge is 0.268 e. The number of thiocarbonyl (C=S) groups is 1. The number of para-hydroxylation sites is 1. The van der Waals surface area contributed by atoms with Crippen LogP contribution in [-0.4, -0.2) is 76.6 Å². The van der Waals surface area contributed by atoms with Gasteiger partial charge in [-0.05, 0) is 44.6 Å². The van der Waals surface area contributed by atoms with E-state index in [1.807, 2.05) is 35.9 Å². The van der Waals surface area contributed by atoms with Gasteiger partial charge in [0.05, 0.1) is 12.7 Å². The number of hydrogen-bond acceptors (Lipinski definition) is 6. The van der Waals surface area contributed by atoms with E-state index in [1.165, 1.54) is 25.7 Å². The molecule has 0 aliphatic carbocycles. The molecule has 0 bridgehead atoms. The molecule has 1 aromatic carbocycles. The molecule has 1 atom stereocenters. The fourth-order valence-corrected chi connectivity index (χ4v) is 5.16. The van der Waals surface area contributed by atoms with Crippen molar-refractivity contribution >= 4 is 29.0 Å². The number of nitrogens with one attached hydrogen (secondary N) is 1. The number of methoxy groups -OCH3 is 1. The lowest BCUT2D eigenvalue weighted by Gasteiger charge is -2.40. The molecule has 1 N–H and O–H groups in total. The topological polar surface area (TPSA) is 65.1 Å². The first-order chi connectivity index (χ1) is 15.8. The first kappa shape index (κ1) is 25.6. The van der Waals surface area contributed by atoms with E-state index in [0.717, 1.165) is 19.4 Å². The molecule has 8 heteroatoms. The minimum atomic E-state index is -0.733. The summed E-state index contributed by atoms with van der Waals surface area (Å²) in [5, 5.41) is 7.25. The number of ketones is 1. The molecule has 2 fully saturated rings. The predicted molar refractivity (Wildman–Crippen MR) is 134 cm³/mol. The number of carbonyl (C=O) groups excluding carboxylic acids is 2. The molecule has 0 aromatic heterocycles. The maximum atomic E-state index is 13.5. The van der Waals surface area contributed by atoms with Gasteiger partial charge in [-0.2, -0.15) is 5.01 Å². The molecule has 33 heavy (non-hydrogen) atoms. The summed E-state index contributed by atoms with van der Waals surface area (Å²) in [7, 11) is 1.56. The molecule has 2 aliphatic heterocycles. The summed E-state index contributed by atoms with van der Waals surface area (Å²) < 4.78 is 5.42. The normalized spacial score (nSPS) is 21.0. The molecule has 182 valence electrons. The number of hydrazine groups is 1. The summed E-state index contributed by atoms with van der Waals surface area (Å²) in [6.07, 6.45) is 7.09. The van der Waals surface area contributed by atoms with Gasteiger partial charge in [0.25, 0.3) is 5.91 Å². The molecule has 0 radical (unpaired) electrons. The van der Waals surface area contributed by atoms with Crippen LogP contribution in [0.15, 0.2) is 24.3 Å². The van der Waals surface area contributed by atoms with Crippen LogP contribution >= 0.6 is 12.2 Å². The predicted octanol–water partition coefficient (Wildman–Crippen LogP) is 3.63. The molecule has 0 saturated carbocycles. The van der Waals surface area contributed by atoms with Crippen LogP contribution in [0.1, 0.15) is 69.7 Å². The van der Waals surface area contributed by atoms with E-state index in [-0.39, 0.29) is 11.7 Å². The van der Waals surface area contributed by atoms with E-state index in [4.69, 9.17) is 17.0 Å². The zero-order valence-electron chi connectivity index (χ0n) is 20.4. The van der Waals surface area contributed by atoms with Gasteiger partial charge < -0.3 is 15.0 Å². The summed E-state index contributed by atoms with van der Waals surface area (Å²) in [6, 6.07) is 6.68. The van der Waals surface area contributed by atoms with Crippen LogP contribution in [0.3, 0.4) is 0 Å². The molecule has 2 heterocycles. The van der Waals surface area contributed by atoms with Crippen molar-refractivity contribution < 1.29 is 14.3 Å². The number of carbonyl (C=O) groups is 2. The lowest BCUT2D eigenvalue weighted by Crippen LogP contribution is -2.63. The Morgan fingerprint density at radius 1 is 1.18 bits per heavy atom. The van der Waals surface area contributed by atoms with Crippen LogP contribution < -0.4 is 10.1 Å². The number of Topliss-reactive ketones (excluding diaryl/α,β-unsaturated/α-hetero) is 1. The molecule has 1 unspecified atom stereocenters. The molecule has 2 saturated heterocycles. The van der Waals surface area contributed by atoms with Crippen LogP contribution in [-0.2, 0) is 4.79 Å². The number of ether oxygens (including phenoxy) is 1. The van der Waals surface area contributed by atoms with Crippen LogP contribution in [0.4, 0.5) is 0 Å². The number of nitrogens with zero attached hydrogens (tertiary/aromatic N) is 3. The van der Waals surface area contributed by atoms with Crippen molar-refractivity contribution in [2.75, 3.05) is 33.3 Å². The van der Waals surface area contributed by atoms with Gasteiger partial charge in [-0.15, -0.1) is 0 Å². The van der Waals surface area contributed by atoms with Crippen molar-refractivity contribution in [2.24, 2.45) is 0 Å². The zero-order chi connectivity index (χ0) is 24.0. The summed E-state index contributed by atoms with van der Waals surface area (Å²) in [5.41, 5.74) is -0.219. The van der Waals surface area contributed by atoms with Crippen LogP contribution in [0.2, 0.25) is 0 Å². The van der Waals surface area contributed by atoms with Gasteiger partial charge in [0.1, 0.15) is 17.3 Å². The number of piperazine rings is 1. The Hall–Kier alpha value is -2.03. The van der Waals surface area contributed by atoms with Gasteiger partial charge in [0.15, 0.2) is 10.9 Å². The number of benzene rings is 1. The van der Waals surface area contributed by atoms with Crippen molar-refractivity contribution in [3.05, 3.63) is 29.8 Å². The Morgan fingerprint density at radius 3 is 2.61 bits per heavy atom. The van der Waals surface area contributed by atoms with Crippen LogP contribution in [0, 0.1) is 0 Å². The molecule has 1 aromatic rings. The quantitative estimate of drug-likeness (QED) is 0.298. The third kappa shape index (κ3) is 5.39. The Balaban J connectivity index is 1.77. The third-order valence-electron chi connectivity index (χ3n) is 6.69. The largest absolute Gasteiger partial charge is 0.496 e. The number of unbranched alkanes of at least 4 members (excludes halogenated alkanes) is 5. The van der Waals surface area contributed by atoms with E-state index >= 15 is 0 Å². The average Bonchev–Trinajstić information content (AvgIpc) is 2.99. The Morgan fingerprint density at radius 2 is 1.88 bits per heavy atom. The van der Waals surface area contributed by atoms with Gasteiger partial charge in [-0.1, -0.05) is 51.2 Å². The molecule has 0 spiro atoms. The van der Waals surface area contributed by atoms with Crippen molar-refractivity contribution in [2.45, 2.75) is 70.9 Å². The number of rotatable bonds is 11. The summed E-state index contributed by atoms with van der Waals surface area (Å²) in [5.74, 6) is 0.383. The average molecular weight is 475 g/mol. The maximum Gasteiger partial charge on any atom is 0.268 e. The van der Waals surface area contributed by atoms with Gasteiger partial charge in [-0.3, -0.25) is 9.59 Å². The highest BCUT2D eigenvalue weighted by Crippen LogP contribution is 2.32. The highest BCUT2D eigenvalue weighted by Gasteiger charge is 2.52. The lowest BCUT2D eigenvalue weighted by molar-refractivity contribution is -0.144. The van der Waals surface area contributed by atoms with E-state index in [1.54, 1.807) is 24.3 Å². The fourth-order valence-electron chi connectivity index (χ4n) is 4.66. The summed E-state index contributed by atoms with van der Waals surface area (Å²) >= 11 is 5.83. The Kier molecular flexibility index (Phi) is 8.84. The molecule has 2 aliphatic rings. The summed E-state index contributed by atoms with van der Waals surface area (Å²) in [4.78, 5) is 29.1. The molecular formula is C25H38N4O3S. The van der Waals surface area contributed by atoms with E-state index in [0.29, 0.717) is 36.1 Å². The highest BCUT2D eigenvalue weighted by atomic mass is 32.1. The molecule has 3 rings (SSSR count).